The molecule has 0 rings (SSSR count). The number of alkyl halides is 2. The van der Waals surface area contributed by atoms with Gasteiger partial charge in [0.1, 0.15) is 0 Å². The van der Waals surface area contributed by atoms with Crippen LogP contribution in [0.1, 0.15) is 20.8 Å². The summed E-state index contributed by atoms with van der Waals surface area (Å²) in [5, 5.41) is 6.43. The van der Waals surface area contributed by atoms with Crippen LogP contribution in [0.3, 0.4) is 0 Å². The molecule has 1 atom stereocenters. The van der Waals surface area contributed by atoms with Gasteiger partial charge in [-0.3, -0.25) is 0 Å². The van der Waals surface area contributed by atoms with E-state index >= 15 is 0 Å². The summed E-state index contributed by atoms with van der Waals surface area (Å²) in [6.45, 7) is 4.26. The van der Waals surface area contributed by atoms with Crippen LogP contribution < -0.4 is 0 Å². The van der Waals surface area contributed by atoms with Gasteiger partial charge in [0, 0.05) is 5.41 Å². The van der Waals surface area contributed by atoms with Gasteiger partial charge >= 0.3 is 0 Å². The third-order valence-electron chi connectivity index (χ3n) is 1.30. The van der Waals surface area contributed by atoms with E-state index in [2.05, 4.69) is 0 Å². The van der Waals surface area contributed by atoms with Crippen LogP contribution in [0.15, 0.2) is 0 Å². The zero-order valence-corrected chi connectivity index (χ0v) is 6.67. The quantitative estimate of drug-likeness (QED) is 0.573. The molecular weight excluding hydrogens is 143 g/mol. The van der Waals surface area contributed by atoms with E-state index in [0.29, 0.717) is 0 Å². The lowest BCUT2D eigenvalue weighted by Gasteiger charge is -2.29. The Hall–Kier alpha value is 0.180. The third-order valence-corrected chi connectivity index (χ3v) is 1.98. The highest BCUT2D eigenvalue weighted by molar-refractivity contribution is 6.23. The second kappa shape index (κ2) is 2.43. The van der Waals surface area contributed by atoms with Gasteiger partial charge in [-0.2, -0.15) is 0 Å². The molecule has 0 bridgehead atoms. The Labute approximate surface area is 59.8 Å². The number of hydrogen-bond donors (Lipinski definition) is 1. The number of aliphatic hydroxyl groups excluding tert-OH is 1. The van der Waals surface area contributed by atoms with Crippen LogP contribution in [0.25, 0.3) is 0 Å². The van der Waals surface area contributed by atoms with Crippen molar-refractivity contribution >= 4 is 11.6 Å². The second-order valence-electron chi connectivity index (χ2n) is 3.11. The largest absolute Gasteiger partial charge is 0.392 e. The van der Waals surface area contributed by atoms with Gasteiger partial charge in [-0.15, -0.1) is 0 Å². The van der Waals surface area contributed by atoms with Gasteiger partial charge in [0.2, 0.25) is 5.13 Å². The molecule has 1 N–H and O–H groups in total. The maximum absolute atomic E-state index is 12.8. The zero-order valence-electron chi connectivity index (χ0n) is 5.91. The lowest BCUT2D eigenvalue weighted by atomic mass is 9.90. The van der Waals surface area contributed by atoms with Crippen molar-refractivity contribution in [2.45, 2.75) is 25.9 Å². The number of hydrogen-bond acceptors (Lipinski definition) is 1. The lowest BCUT2D eigenvalue weighted by Crippen LogP contribution is -2.36. The molecule has 3 heteroatoms. The highest BCUT2D eigenvalue weighted by Gasteiger charge is 2.39. The van der Waals surface area contributed by atoms with E-state index < -0.39 is 17.1 Å². The fourth-order valence-electron chi connectivity index (χ4n) is 0.237. The molecule has 0 fully saturated rings. The van der Waals surface area contributed by atoms with Crippen LogP contribution >= 0.6 is 11.6 Å². The first-order valence-corrected chi connectivity index (χ1v) is 3.18. The minimum atomic E-state index is -1.99. The molecule has 9 heavy (non-hydrogen) atoms. The molecular formula is C6H12ClFO. The summed E-state index contributed by atoms with van der Waals surface area (Å²) in [5.74, 6) is 0. The van der Waals surface area contributed by atoms with E-state index in [4.69, 9.17) is 16.7 Å². The molecule has 0 aliphatic heterocycles. The summed E-state index contributed by atoms with van der Waals surface area (Å²) < 4.78 is 12.8. The smallest absolute Gasteiger partial charge is 0.211 e. The summed E-state index contributed by atoms with van der Waals surface area (Å²) in [6, 6.07) is 0. The SMILES string of the molecule is CC(C)(C)C(F)(Cl)CO. The van der Waals surface area contributed by atoms with Crippen molar-refractivity contribution in [2.24, 2.45) is 5.41 Å². The Morgan fingerprint density at radius 3 is 1.78 bits per heavy atom. The molecule has 0 aliphatic carbocycles. The van der Waals surface area contributed by atoms with Crippen molar-refractivity contribution in [3.8, 4) is 0 Å². The van der Waals surface area contributed by atoms with Crippen LogP contribution in [0, 0.1) is 5.41 Å². The predicted molar refractivity (Wildman–Crippen MR) is 36.2 cm³/mol. The van der Waals surface area contributed by atoms with Gasteiger partial charge in [0.15, 0.2) is 0 Å². The van der Waals surface area contributed by atoms with Crippen molar-refractivity contribution in [2.75, 3.05) is 6.61 Å². The van der Waals surface area contributed by atoms with Crippen LogP contribution in [0.2, 0.25) is 0 Å². The molecule has 0 saturated carbocycles. The summed E-state index contributed by atoms with van der Waals surface area (Å²) in [6.07, 6.45) is 0. The van der Waals surface area contributed by atoms with Crippen LogP contribution in [-0.4, -0.2) is 16.8 Å². The first kappa shape index (κ1) is 9.18. The van der Waals surface area contributed by atoms with E-state index in [1.165, 1.54) is 0 Å². The maximum atomic E-state index is 12.8. The van der Waals surface area contributed by atoms with E-state index in [9.17, 15) is 4.39 Å². The molecule has 0 aliphatic rings. The van der Waals surface area contributed by atoms with E-state index in [1.807, 2.05) is 0 Å². The van der Waals surface area contributed by atoms with Gasteiger partial charge in [0.25, 0.3) is 0 Å². The number of halogens is 2. The summed E-state index contributed by atoms with van der Waals surface area (Å²) in [7, 11) is 0. The predicted octanol–water partition coefficient (Wildman–Crippen LogP) is 1.93. The highest BCUT2D eigenvalue weighted by Crippen LogP contribution is 2.36. The van der Waals surface area contributed by atoms with Gasteiger partial charge in [-0.25, -0.2) is 4.39 Å². The number of aliphatic hydroxyl groups is 1. The van der Waals surface area contributed by atoms with E-state index in [-0.39, 0.29) is 0 Å². The average molecular weight is 155 g/mol. The Balaban J connectivity index is 4.14. The first-order chi connectivity index (χ1) is 3.81. The van der Waals surface area contributed by atoms with Crippen LogP contribution in [0.4, 0.5) is 4.39 Å². The van der Waals surface area contributed by atoms with Crippen molar-refractivity contribution in [3.63, 3.8) is 0 Å². The second-order valence-corrected chi connectivity index (χ2v) is 3.71. The molecule has 1 unspecified atom stereocenters. The molecule has 0 aromatic carbocycles. The molecule has 1 nitrogen and oxygen atoms in total. The fraction of sp³-hybridized carbons (Fsp3) is 1.00. The van der Waals surface area contributed by atoms with Crippen molar-refractivity contribution in [3.05, 3.63) is 0 Å². The average Bonchev–Trinajstić information content (AvgIpc) is 1.64. The summed E-state index contributed by atoms with van der Waals surface area (Å²) in [4.78, 5) is 0. The Morgan fingerprint density at radius 1 is 1.44 bits per heavy atom. The van der Waals surface area contributed by atoms with Crippen LogP contribution in [-0.2, 0) is 0 Å². The lowest BCUT2D eigenvalue weighted by molar-refractivity contribution is 0.0493. The molecule has 0 radical (unpaired) electrons. The standard InChI is InChI=1S/C6H12ClFO/c1-5(2,3)6(7,8)4-9/h9H,4H2,1-3H3. The van der Waals surface area contributed by atoms with E-state index in [1.54, 1.807) is 20.8 Å². The molecule has 0 spiro atoms. The Bertz CT molecular complexity index is 95.7. The molecule has 0 aromatic heterocycles. The minimum absolute atomic E-state index is 0.641. The summed E-state index contributed by atoms with van der Waals surface area (Å²) in [5.41, 5.74) is -0.705. The topological polar surface area (TPSA) is 20.2 Å². The summed E-state index contributed by atoms with van der Waals surface area (Å²) >= 11 is 5.28. The van der Waals surface area contributed by atoms with Gasteiger partial charge in [-0.1, -0.05) is 32.4 Å². The fourth-order valence-corrected chi connectivity index (χ4v) is 0.237. The van der Waals surface area contributed by atoms with Gasteiger partial charge in [0.05, 0.1) is 6.61 Å². The Kier molecular flexibility index (Phi) is 2.48. The molecule has 56 valence electrons. The van der Waals surface area contributed by atoms with Gasteiger partial charge in [-0.05, 0) is 0 Å². The number of rotatable bonds is 1. The normalized spacial score (nSPS) is 19.3. The molecule has 0 saturated heterocycles. The first-order valence-electron chi connectivity index (χ1n) is 2.80. The molecule has 0 amide bonds. The maximum Gasteiger partial charge on any atom is 0.211 e. The molecule has 0 aromatic rings. The highest BCUT2D eigenvalue weighted by atomic mass is 35.5. The minimum Gasteiger partial charge on any atom is -0.392 e. The Morgan fingerprint density at radius 2 is 1.78 bits per heavy atom. The van der Waals surface area contributed by atoms with Crippen molar-refractivity contribution < 1.29 is 9.50 Å². The van der Waals surface area contributed by atoms with E-state index in [0.717, 1.165) is 0 Å². The monoisotopic (exact) mass is 154 g/mol. The third kappa shape index (κ3) is 2.11. The van der Waals surface area contributed by atoms with Crippen molar-refractivity contribution in [1.29, 1.82) is 0 Å². The van der Waals surface area contributed by atoms with Gasteiger partial charge < -0.3 is 5.11 Å². The molecule has 0 heterocycles. The van der Waals surface area contributed by atoms with Crippen LogP contribution in [0.5, 0.6) is 0 Å². The van der Waals surface area contributed by atoms with Crippen molar-refractivity contribution in [1.82, 2.24) is 0 Å². The zero-order chi connectivity index (χ0) is 7.71.